The molecule has 0 aromatic rings. The van der Waals surface area contributed by atoms with Crippen molar-refractivity contribution >= 4 is 5.97 Å². The molecule has 0 fully saturated rings. The molecule has 2 nitrogen and oxygen atoms in total. The van der Waals surface area contributed by atoms with E-state index in [-0.39, 0.29) is 5.97 Å². The van der Waals surface area contributed by atoms with Crippen molar-refractivity contribution in [2.24, 2.45) is 0 Å². The molecule has 0 bridgehead atoms. The number of carbonyl (C=O) groups is 1. The molecule has 2 heteroatoms. The number of ether oxygens (including phenoxy) is 1. The topological polar surface area (TPSA) is 26.3 Å². The lowest BCUT2D eigenvalue weighted by molar-refractivity contribution is -0.135. The van der Waals surface area contributed by atoms with Crippen LogP contribution in [0.15, 0.2) is 37.5 Å². The molecule has 0 atom stereocenters. The van der Waals surface area contributed by atoms with E-state index in [1.807, 2.05) is 48.5 Å². The van der Waals surface area contributed by atoms with Gasteiger partial charge in [0.05, 0.1) is 12.7 Å². The zero-order valence-electron chi connectivity index (χ0n) is 13.1. The first-order valence-corrected chi connectivity index (χ1v) is 6.12. The van der Waals surface area contributed by atoms with Gasteiger partial charge in [0.1, 0.15) is 0 Å². The van der Waals surface area contributed by atoms with Crippen molar-refractivity contribution in [1.29, 1.82) is 0 Å². The fourth-order valence-electron chi connectivity index (χ4n) is 0.400. The average molecular weight is 244 g/mol. The van der Waals surface area contributed by atoms with E-state index in [4.69, 9.17) is 0 Å². The van der Waals surface area contributed by atoms with Crippen molar-refractivity contribution in [1.82, 2.24) is 0 Å². The number of hydrogen-bond acceptors (Lipinski definition) is 2. The van der Waals surface area contributed by atoms with Crippen molar-refractivity contribution in [3.05, 3.63) is 37.5 Å². The Labute approximate surface area is 109 Å². The first-order chi connectivity index (χ1) is 8.22. The maximum Gasteiger partial charge on any atom is 0.337 e. The lowest BCUT2D eigenvalue weighted by Gasteiger charge is -1.93. The second-order valence-electron chi connectivity index (χ2n) is 1.52. The van der Waals surface area contributed by atoms with Gasteiger partial charge in [0.15, 0.2) is 0 Å². The molecule has 104 valence electrons. The van der Waals surface area contributed by atoms with Gasteiger partial charge in [-0.3, -0.25) is 0 Å². The largest absolute Gasteiger partial charge is 0.465 e. The number of carbonyl (C=O) groups excluding carboxylic acids is 1. The van der Waals surface area contributed by atoms with E-state index in [0.717, 1.165) is 0 Å². The Hall–Kier alpha value is -1.31. The fraction of sp³-hybridized carbons (Fsp3) is 0.533. The summed E-state index contributed by atoms with van der Waals surface area (Å²) in [5.41, 5.74) is 0.375. The predicted molar refractivity (Wildman–Crippen MR) is 81.3 cm³/mol. The van der Waals surface area contributed by atoms with Gasteiger partial charge in [-0.25, -0.2) is 4.79 Å². The Bertz CT molecular complexity index is 158. The van der Waals surface area contributed by atoms with E-state index in [1.165, 1.54) is 7.11 Å². The maximum absolute atomic E-state index is 10.5. The van der Waals surface area contributed by atoms with Crippen LogP contribution in [-0.2, 0) is 9.53 Å². The molecule has 0 aromatic heterocycles. The molecule has 0 aliphatic carbocycles. The summed E-state index contributed by atoms with van der Waals surface area (Å²) in [6.45, 7) is 23.3. The molecule has 0 amide bonds. The third kappa shape index (κ3) is 40.0. The summed E-state index contributed by atoms with van der Waals surface area (Å²) in [7, 11) is 1.33. The van der Waals surface area contributed by atoms with Crippen LogP contribution < -0.4 is 0 Å². The summed E-state index contributed by atoms with van der Waals surface area (Å²) in [5.74, 6) is -0.381. The number of methoxy groups -OCH3 is 1. The van der Waals surface area contributed by atoms with Crippen LogP contribution >= 0.6 is 0 Å². The molecule has 0 aliphatic rings. The van der Waals surface area contributed by atoms with Crippen LogP contribution in [0, 0.1) is 0 Å². The highest BCUT2D eigenvalue weighted by atomic mass is 16.5. The molecule has 17 heavy (non-hydrogen) atoms. The van der Waals surface area contributed by atoms with Crippen LogP contribution in [0.25, 0.3) is 0 Å². The number of hydrogen-bond donors (Lipinski definition) is 0. The summed E-state index contributed by atoms with van der Waals surface area (Å²) >= 11 is 0. The van der Waals surface area contributed by atoms with Gasteiger partial charge < -0.3 is 4.74 Å². The van der Waals surface area contributed by atoms with E-state index in [0.29, 0.717) is 5.57 Å². The van der Waals surface area contributed by atoms with E-state index in [2.05, 4.69) is 24.5 Å². The Morgan fingerprint density at radius 3 is 1.47 bits per heavy atom. The van der Waals surface area contributed by atoms with Crippen LogP contribution in [0.2, 0.25) is 0 Å². The molecule has 0 saturated carbocycles. The summed E-state index contributed by atoms with van der Waals surface area (Å²) < 4.78 is 4.37. The maximum atomic E-state index is 10.5. The molecule has 0 heterocycles. The van der Waals surface area contributed by atoms with Crippen LogP contribution in [0.4, 0.5) is 0 Å². The molecule has 0 aliphatic heterocycles. The molecule has 0 unspecified atom stereocenters. The van der Waals surface area contributed by atoms with Crippen LogP contribution in [-0.4, -0.2) is 13.1 Å². The van der Waals surface area contributed by atoms with Crippen molar-refractivity contribution in [3.63, 3.8) is 0 Å². The lowest BCUT2D eigenvalue weighted by Crippen LogP contribution is -2.00. The number of rotatable bonds is 2. The average Bonchev–Trinajstić information content (AvgIpc) is 2.47. The molecule has 0 aromatic carbocycles. The van der Waals surface area contributed by atoms with Crippen molar-refractivity contribution in [2.45, 2.75) is 48.5 Å². The highest BCUT2D eigenvalue weighted by Crippen LogP contribution is 1.93. The Balaban J connectivity index is -0.0000000507. The monoisotopic (exact) mass is 244 g/mol. The quantitative estimate of drug-likeness (QED) is 0.290. The third-order valence-electron chi connectivity index (χ3n) is 0.815. The highest BCUT2D eigenvalue weighted by molar-refractivity contribution is 5.90. The standard InChI is InChI=1S/C7H10O2.3C2H6.C2H4/c1-4-5-6(2)7(8)9-3;4*1-2/h4-5H,2H2,1,3H3;3*1-2H3;1-2H2/b5-4-;;;;. The fourth-order valence-corrected chi connectivity index (χ4v) is 0.400. The molecule has 0 saturated heterocycles. The van der Waals surface area contributed by atoms with Crippen molar-refractivity contribution < 1.29 is 9.53 Å². The lowest BCUT2D eigenvalue weighted by atomic mass is 10.3. The van der Waals surface area contributed by atoms with Crippen LogP contribution in [0.5, 0.6) is 0 Å². The van der Waals surface area contributed by atoms with Gasteiger partial charge in [0.2, 0.25) is 0 Å². The summed E-state index contributed by atoms with van der Waals surface area (Å²) in [6.07, 6.45) is 3.34. The van der Waals surface area contributed by atoms with Gasteiger partial charge in [0.25, 0.3) is 0 Å². The molecule has 0 rings (SSSR count). The first-order valence-electron chi connectivity index (χ1n) is 6.12. The number of esters is 1. The van der Waals surface area contributed by atoms with E-state index in [1.54, 1.807) is 12.2 Å². The van der Waals surface area contributed by atoms with Crippen molar-refractivity contribution in [3.8, 4) is 0 Å². The Morgan fingerprint density at radius 1 is 1.00 bits per heavy atom. The van der Waals surface area contributed by atoms with Crippen LogP contribution in [0.1, 0.15) is 48.5 Å². The Morgan fingerprint density at radius 2 is 1.29 bits per heavy atom. The zero-order chi connectivity index (χ0) is 15.3. The predicted octanol–water partition coefficient (Wildman–Crippen LogP) is 5.17. The van der Waals surface area contributed by atoms with Gasteiger partial charge >= 0.3 is 5.97 Å². The Kier molecular flexibility index (Phi) is 81.1. The van der Waals surface area contributed by atoms with E-state index in [9.17, 15) is 4.79 Å². The van der Waals surface area contributed by atoms with Gasteiger partial charge in [0, 0.05) is 0 Å². The minimum Gasteiger partial charge on any atom is -0.465 e. The normalized spacial score (nSPS) is 6.35. The molecule has 0 N–H and O–H groups in total. The summed E-state index contributed by atoms with van der Waals surface area (Å²) in [5, 5.41) is 0. The molecular weight excluding hydrogens is 212 g/mol. The van der Waals surface area contributed by atoms with Gasteiger partial charge in [-0.2, -0.15) is 0 Å². The van der Waals surface area contributed by atoms with Gasteiger partial charge in [-0.1, -0.05) is 60.3 Å². The van der Waals surface area contributed by atoms with Gasteiger partial charge in [-0.15, -0.1) is 13.2 Å². The van der Waals surface area contributed by atoms with Crippen LogP contribution in [0.3, 0.4) is 0 Å². The second-order valence-corrected chi connectivity index (χ2v) is 1.52. The first kappa shape index (κ1) is 29.6. The third-order valence-corrected chi connectivity index (χ3v) is 0.815. The summed E-state index contributed by atoms with van der Waals surface area (Å²) in [6, 6.07) is 0. The zero-order valence-corrected chi connectivity index (χ0v) is 13.1. The molecule has 0 spiro atoms. The smallest absolute Gasteiger partial charge is 0.337 e. The van der Waals surface area contributed by atoms with E-state index < -0.39 is 0 Å². The second kappa shape index (κ2) is 46.6. The van der Waals surface area contributed by atoms with Gasteiger partial charge in [-0.05, 0) is 6.92 Å². The summed E-state index contributed by atoms with van der Waals surface area (Å²) in [4.78, 5) is 10.5. The highest BCUT2D eigenvalue weighted by Gasteiger charge is 1.99. The molecule has 0 radical (unpaired) electrons. The van der Waals surface area contributed by atoms with E-state index >= 15 is 0 Å². The number of allylic oxidation sites excluding steroid dienone is 1. The molecular formula is C15H32O2. The SMILES string of the molecule is C=C.C=C(/C=C\C)C(=O)OC.CC.CC.CC. The minimum atomic E-state index is -0.381. The van der Waals surface area contributed by atoms with Crippen molar-refractivity contribution in [2.75, 3.05) is 7.11 Å². The minimum absolute atomic E-state index is 0.375.